The number of hydrogen-bond donors (Lipinski definition) is 0. The van der Waals surface area contributed by atoms with E-state index in [0.717, 1.165) is 0 Å². The van der Waals surface area contributed by atoms with Crippen molar-refractivity contribution in [3.8, 4) is 0 Å². The second-order valence-corrected chi connectivity index (χ2v) is 9.79. The molecule has 0 aliphatic carbocycles. The van der Waals surface area contributed by atoms with Crippen molar-refractivity contribution in [3.63, 3.8) is 0 Å². The Morgan fingerprint density at radius 3 is 2.48 bits per heavy atom. The quantitative estimate of drug-likeness (QED) is 0.674. The van der Waals surface area contributed by atoms with Crippen molar-refractivity contribution in [3.05, 3.63) is 63.9 Å². The first kappa shape index (κ1) is 22.0. The Morgan fingerprint density at radius 2 is 1.83 bits per heavy atom. The van der Waals surface area contributed by atoms with Crippen molar-refractivity contribution in [2.24, 2.45) is 5.92 Å². The monoisotopic (exact) mass is 458 g/mol. The van der Waals surface area contributed by atoms with Gasteiger partial charge in [0.1, 0.15) is 10.7 Å². The molecule has 9 heteroatoms. The van der Waals surface area contributed by atoms with E-state index in [-0.39, 0.29) is 52.2 Å². The summed E-state index contributed by atoms with van der Waals surface area (Å²) in [6, 6.07) is 10.6. The summed E-state index contributed by atoms with van der Waals surface area (Å²) in [6.45, 7) is 0.576. The number of amides is 1. The maximum absolute atomic E-state index is 13.8. The van der Waals surface area contributed by atoms with Crippen molar-refractivity contribution < 1.29 is 17.6 Å². The average Bonchev–Trinajstić information content (AvgIpc) is 2.71. The third-order valence-electron chi connectivity index (χ3n) is 5.06. The molecule has 1 heterocycles. The predicted molar refractivity (Wildman–Crippen MR) is 111 cm³/mol. The average molecular weight is 459 g/mol. The lowest BCUT2D eigenvalue weighted by atomic mass is 9.96. The highest BCUT2D eigenvalue weighted by atomic mass is 35.5. The predicted octanol–water partition coefficient (Wildman–Crippen LogP) is 4.19. The Kier molecular flexibility index (Phi) is 6.83. The summed E-state index contributed by atoms with van der Waals surface area (Å²) in [7, 11) is -2.17. The van der Waals surface area contributed by atoms with Gasteiger partial charge in [0.05, 0.1) is 5.02 Å². The Morgan fingerprint density at radius 1 is 1.17 bits per heavy atom. The number of carbonyl (C=O) groups is 1. The van der Waals surface area contributed by atoms with Gasteiger partial charge in [-0.2, -0.15) is 4.31 Å². The number of piperidine rings is 1. The molecule has 1 aliphatic rings. The van der Waals surface area contributed by atoms with Crippen LogP contribution in [-0.2, 0) is 21.4 Å². The zero-order chi connectivity index (χ0) is 21.2. The van der Waals surface area contributed by atoms with Crippen molar-refractivity contribution in [1.82, 2.24) is 9.21 Å². The van der Waals surface area contributed by atoms with Crippen LogP contribution in [0, 0.1) is 11.7 Å². The molecule has 3 rings (SSSR count). The number of halogens is 3. The Labute approximate surface area is 180 Å². The van der Waals surface area contributed by atoms with Crippen molar-refractivity contribution in [1.29, 1.82) is 0 Å². The SMILES string of the molecule is CN(Cc1ccccc1F)C(=O)C1CCN(S(=O)(=O)c2cc(Cl)ccc2Cl)CC1. The van der Waals surface area contributed by atoms with Gasteiger partial charge in [-0.3, -0.25) is 4.79 Å². The molecule has 5 nitrogen and oxygen atoms in total. The largest absolute Gasteiger partial charge is 0.341 e. The number of sulfonamides is 1. The first-order chi connectivity index (χ1) is 13.7. The molecule has 0 spiro atoms. The summed E-state index contributed by atoms with van der Waals surface area (Å²) in [6.07, 6.45) is 0.774. The van der Waals surface area contributed by atoms with Crippen LogP contribution in [0.5, 0.6) is 0 Å². The topological polar surface area (TPSA) is 57.7 Å². The normalized spacial score (nSPS) is 16.0. The molecular weight excluding hydrogens is 438 g/mol. The Balaban J connectivity index is 1.64. The molecule has 0 N–H and O–H groups in total. The van der Waals surface area contributed by atoms with Crippen molar-refractivity contribution in [2.75, 3.05) is 20.1 Å². The molecule has 0 unspecified atom stereocenters. The molecule has 29 heavy (non-hydrogen) atoms. The Hall–Kier alpha value is -1.67. The molecule has 0 bridgehead atoms. The van der Waals surface area contributed by atoms with E-state index in [4.69, 9.17) is 23.2 Å². The van der Waals surface area contributed by atoms with E-state index < -0.39 is 10.0 Å². The lowest BCUT2D eigenvalue weighted by Gasteiger charge is -2.32. The second kappa shape index (κ2) is 9.00. The minimum absolute atomic E-state index is 0.0342. The molecule has 1 aliphatic heterocycles. The van der Waals surface area contributed by atoms with E-state index in [1.165, 1.54) is 33.5 Å². The fourth-order valence-corrected chi connectivity index (χ4v) is 5.64. The summed E-state index contributed by atoms with van der Waals surface area (Å²) in [5, 5.41) is 0.394. The van der Waals surface area contributed by atoms with Gasteiger partial charge in [-0.05, 0) is 37.1 Å². The maximum atomic E-state index is 13.8. The number of carbonyl (C=O) groups excluding carboxylic acids is 1. The van der Waals surface area contributed by atoms with Gasteiger partial charge in [0.2, 0.25) is 15.9 Å². The lowest BCUT2D eigenvalue weighted by molar-refractivity contribution is -0.136. The first-order valence-corrected chi connectivity index (χ1v) is 11.3. The van der Waals surface area contributed by atoms with Crippen LogP contribution >= 0.6 is 23.2 Å². The molecule has 1 saturated heterocycles. The smallest absolute Gasteiger partial charge is 0.244 e. The van der Waals surface area contributed by atoms with Crippen molar-refractivity contribution in [2.45, 2.75) is 24.3 Å². The zero-order valence-electron chi connectivity index (χ0n) is 15.8. The van der Waals surface area contributed by atoms with Crippen LogP contribution in [0.4, 0.5) is 4.39 Å². The molecule has 0 saturated carbocycles. The number of rotatable bonds is 5. The van der Waals surface area contributed by atoms with E-state index in [0.29, 0.717) is 18.4 Å². The zero-order valence-corrected chi connectivity index (χ0v) is 18.1. The summed E-state index contributed by atoms with van der Waals surface area (Å²) in [4.78, 5) is 14.2. The minimum Gasteiger partial charge on any atom is -0.341 e. The minimum atomic E-state index is -3.80. The summed E-state index contributed by atoms with van der Waals surface area (Å²) in [5.41, 5.74) is 0.443. The fourth-order valence-electron chi connectivity index (χ4n) is 3.43. The highest BCUT2D eigenvalue weighted by molar-refractivity contribution is 7.89. The second-order valence-electron chi connectivity index (χ2n) is 7.04. The van der Waals surface area contributed by atoms with Gasteiger partial charge < -0.3 is 4.90 Å². The van der Waals surface area contributed by atoms with Gasteiger partial charge in [-0.25, -0.2) is 12.8 Å². The third-order valence-corrected chi connectivity index (χ3v) is 7.67. The number of hydrogen-bond acceptors (Lipinski definition) is 3. The molecule has 0 atom stereocenters. The highest BCUT2D eigenvalue weighted by Crippen LogP contribution is 2.30. The first-order valence-electron chi connectivity index (χ1n) is 9.13. The van der Waals surface area contributed by atoms with Crippen molar-refractivity contribution >= 4 is 39.1 Å². The van der Waals surface area contributed by atoms with Crippen LogP contribution in [-0.4, -0.2) is 43.7 Å². The van der Waals surface area contributed by atoms with Gasteiger partial charge >= 0.3 is 0 Å². The molecular formula is C20H21Cl2FN2O3S. The maximum Gasteiger partial charge on any atom is 0.244 e. The lowest BCUT2D eigenvalue weighted by Crippen LogP contribution is -2.43. The summed E-state index contributed by atoms with van der Waals surface area (Å²) in [5.74, 6) is -0.786. The Bertz CT molecular complexity index is 1010. The molecule has 1 fully saturated rings. The van der Waals surface area contributed by atoms with Crippen LogP contribution in [0.25, 0.3) is 0 Å². The fraction of sp³-hybridized carbons (Fsp3) is 0.350. The third kappa shape index (κ3) is 4.91. The number of benzene rings is 2. The van der Waals surface area contributed by atoms with E-state index in [1.807, 2.05) is 0 Å². The van der Waals surface area contributed by atoms with Gasteiger partial charge in [0.25, 0.3) is 0 Å². The van der Waals surface area contributed by atoms with Crippen LogP contribution < -0.4 is 0 Å². The van der Waals surface area contributed by atoms with Gasteiger partial charge in [-0.1, -0.05) is 41.4 Å². The highest BCUT2D eigenvalue weighted by Gasteiger charge is 2.34. The number of nitrogens with zero attached hydrogens (tertiary/aromatic N) is 2. The molecule has 1 amide bonds. The van der Waals surface area contributed by atoms with Gasteiger partial charge in [-0.15, -0.1) is 0 Å². The van der Waals surface area contributed by atoms with E-state index >= 15 is 0 Å². The van der Waals surface area contributed by atoms with Crippen LogP contribution in [0.2, 0.25) is 10.0 Å². The molecule has 0 radical (unpaired) electrons. The van der Waals surface area contributed by atoms with E-state index in [9.17, 15) is 17.6 Å². The van der Waals surface area contributed by atoms with Gasteiger partial charge in [0.15, 0.2) is 0 Å². The standard InChI is InChI=1S/C20H21Cl2FN2O3S/c1-24(13-15-4-2-3-5-18(15)23)20(26)14-8-10-25(11-9-14)29(27,28)19-12-16(21)6-7-17(19)22/h2-7,12,14H,8-11,13H2,1H3. The van der Waals surface area contributed by atoms with Gasteiger partial charge in [0, 0.05) is 43.2 Å². The van der Waals surface area contributed by atoms with Crippen LogP contribution in [0.15, 0.2) is 47.4 Å². The molecule has 2 aromatic rings. The van der Waals surface area contributed by atoms with Crippen LogP contribution in [0.1, 0.15) is 18.4 Å². The molecule has 2 aromatic carbocycles. The molecule has 0 aromatic heterocycles. The van der Waals surface area contributed by atoms with E-state index in [1.54, 1.807) is 25.2 Å². The summed E-state index contributed by atoms with van der Waals surface area (Å²) >= 11 is 12.0. The molecule has 156 valence electrons. The summed E-state index contributed by atoms with van der Waals surface area (Å²) < 4.78 is 40.9. The van der Waals surface area contributed by atoms with E-state index in [2.05, 4.69) is 0 Å². The van der Waals surface area contributed by atoms with Crippen LogP contribution in [0.3, 0.4) is 0 Å².